The number of piperazine rings is 1. The van der Waals surface area contributed by atoms with E-state index < -0.39 is 5.97 Å². The number of carbonyl (C=O) groups is 1. The molecule has 1 aliphatic heterocycles. The first-order chi connectivity index (χ1) is 9.51. The van der Waals surface area contributed by atoms with Crippen molar-refractivity contribution < 1.29 is 14.6 Å². The Morgan fingerprint density at radius 1 is 1.50 bits per heavy atom. The maximum atomic E-state index is 11.5. The molecule has 0 radical (unpaired) electrons. The van der Waals surface area contributed by atoms with Gasteiger partial charge < -0.3 is 14.7 Å². The lowest BCUT2D eigenvalue weighted by Gasteiger charge is -2.35. The zero-order chi connectivity index (χ0) is 14.7. The van der Waals surface area contributed by atoms with Crippen molar-refractivity contribution in [2.24, 2.45) is 0 Å². The Hall–Kier alpha value is -0.890. The number of β-amino-alcohol motifs (C(OH)–C–C–N with tert-alkyl or cyclic N) is 1. The standard InChI is InChI=1S/C12H18ClN3O3S/c1-8(17)7-15-3-5-16(6-4-15)12-14-10(13)9(20-12)11(18)19-2/h8,17H,3-7H2,1-2H3/t8-/m1/s1. The van der Waals surface area contributed by atoms with Crippen LogP contribution in [0.2, 0.25) is 5.15 Å². The molecule has 2 heterocycles. The van der Waals surface area contributed by atoms with Crippen LogP contribution in [0.3, 0.4) is 0 Å². The normalized spacial score (nSPS) is 18.1. The molecule has 112 valence electrons. The Kier molecular flexibility index (Phi) is 5.20. The van der Waals surface area contributed by atoms with Crippen LogP contribution >= 0.6 is 22.9 Å². The lowest BCUT2D eigenvalue weighted by atomic mass is 10.3. The monoisotopic (exact) mass is 319 g/mol. The molecule has 0 amide bonds. The van der Waals surface area contributed by atoms with E-state index in [4.69, 9.17) is 11.6 Å². The van der Waals surface area contributed by atoms with Crippen molar-refractivity contribution in [1.29, 1.82) is 0 Å². The summed E-state index contributed by atoms with van der Waals surface area (Å²) in [6.07, 6.45) is -0.318. The summed E-state index contributed by atoms with van der Waals surface area (Å²) >= 11 is 7.22. The highest BCUT2D eigenvalue weighted by Crippen LogP contribution is 2.30. The lowest BCUT2D eigenvalue weighted by Crippen LogP contribution is -2.48. The second kappa shape index (κ2) is 6.71. The van der Waals surface area contributed by atoms with Crippen molar-refractivity contribution in [3.63, 3.8) is 0 Å². The molecule has 1 N–H and O–H groups in total. The highest BCUT2D eigenvalue weighted by atomic mass is 35.5. The topological polar surface area (TPSA) is 65.9 Å². The van der Waals surface area contributed by atoms with E-state index in [9.17, 15) is 9.90 Å². The second-order valence-corrected chi connectivity index (χ2v) is 6.08. The molecule has 6 nitrogen and oxygen atoms in total. The Balaban J connectivity index is 1.99. The number of esters is 1. The van der Waals surface area contributed by atoms with Crippen LogP contribution in [0.25, 0.3) is 0 Å². The van der Waals surface area contributed by atoms with Gasteiger partial charge in [-0.1, -0.05) is 22.9 Å². The van der Waals surface area contributed by atoms with E-state index in [1.807, 2.05) is 0 Å². The average molecular weight is 320 g/mol. The van der Waals surface area contributed by atoms with Gasteiger partial charge in [-0.25, -0.2) is 9.78 Å². The minimum atomic E-state index is -0.452. The van der Waals surface area contributed by atoms with E-state index in [1.165, 1.54) is 18.4 Å². The van der Waals surface area contributed by atoms with Crippen LogP contribution in [-0.2, 0) is 4.74 Å². The van der Waals surface area contributed by atoms with Gasteiger partial charge in [0.2, 0.25) is 0 Å². The van der Waals surface area contributed by atoms with Gasteiger partial charge >= 0.3 is 5.97 Å². The molecule has 8 heteroatoms. The third-order valence-electron chi connectivity index (χ3n) is 3.11. The number of nitrogens with zero attached hydrogens (tertiary/aromatic N) is 3. The minimum absolute atomic E-state index is 0.197. The van der Waals surface area contributed by atoms with Crippen LogP contribution in [0, 0.1) is 0 Å². The molecule has 2 rings (SSSR count). The first-order valence-corrected chi connectivity index (χ1v) is 7.60. The first-order valence-electron chi connectivity index (χ1n) is 6.41. The van der Waals surface area contributed by atoms with Gasteiger partial charge in [-0.05, 0) is 6.92 Å². The van der Waals surface area contributed by atoms with Gasteiger partial charge in [-0.15, -0.1) is 0 Å². The Morgan fingerprint density at radius 3 is 2.70 bits per heavy atom. The Labute approximate surface area is 126 Å². The van der Waals surface area contributed by atoms with E-state index in [2.05, 4.69) is 19.5 Å². The van der Waals surface area contributed by atoms with Gasteiger partial charge in [0.05, 0.1) is 13.2 Å². The molecule has 0 aliphatic carbocycles. The van der Waals surface area contributed by atoms with Crippen molar-refractivity contribution >= 4 is 34.0 Å². The van der Waals surface area contributed by atoms with Gasteiger partial charge in [-0.2, -0.15) is 0 Å². The van der Waals surface area contributed by atoms with Crippen molar-refractivity contribution in [3.05, 3.63) is 10.0 Å². The second-order valence-electron chi connectivity index (χ2n) is 4.74. The van der Waals surface area contributed by atoms with Crippen molar-refractivity contribution in [1.82, 2.24) is 9.88 Å². The third kappa shape index (κ3) is 3.60. The molecule has 1 saturated heterocycles. The largest absolute Gasteiger partial charge is 0.465 e. The molecule has 20 heavy (non-hydrogen) atoms. The number of thiazole rings is 1. The molecule has 1 aromatic heterocycles. The van der Waals surface area contributed by atoms with Crippen LogP contribution in [0.1, 0.15) is 16.6 Å². The number of ether oxygens (including phenoxy) is 1. The number of hydrogen-bond acceptors (Lipinski definition) is 7. The molecular weight excluding hydrogens is 302 g/mol. The van der Waals surface area contributed by atoms with Crippen LogP contribution in [0.15, 0.2) is 0 Å². The van der Waals surface area contributed by atoms with Gasteiger partial charge in [-0.3, -0.25) is 4.90 Å². The van der Waals surface area contributed by atoms with Crippen LogP contribution in [0.4, 0.5) is 5.13 Å². The average Bonchev–Trinajstić information content (AvgIpc) is 2.80. The Bertz CT molecular complexity index is 473. The first kappa shape index (κ1) is 15.5. The maximum absolute atomic E-state index is 11.5. The lowest BCUT2D eigenvalue weighted by molar-refractivity contribution is 0.0606. The summed E-state index contributed by atoms with van der Waals surface area (Å²) in [6.45, 7) is 5.79. The number of halogens is 1. The maximum Gasteiger partial charge on any atom is 0.351 e. The summed E-state index contributed by atoms with van der Waals surface area (Å²) in [5.74, 6) is -0.452. The highest BCUT2D eigenvalue weighted by Gasteiger charge is 2.24. The third-order valence-corrected chi connectivity index (χ3v) is 4.59. The number of aliphatic hydroxyl groups is 1. The zero-order valence-corrected chi connectivity index (χ0v) is 13.1. The van der Waals surface area contributed by atoms with Crippen LogP contribution in [0.5, 0.6) is 0 Å². The van der Waals surface area contributed by atoms with Gasteiger partial charge in [0.15, 0.2) is 15.2 Å². The summed E-state index contributed by atoms with van der Waals surface area (Å²) in [4.78, 5) is 20.4. The van der Waals surface area contributed by atoms with E-state index in [-0.39, 0.29) is 11.3 Å². The van der Waals surface area contributed by atoms with Crippen molar-refractivity contribution in [2.75, 3.05) is 44.7 Å². The predicted octanol–water partition coefficient (Wildman–Crippen LogP) is 1.09. The van der Waals surface area contributed by atoms with Gasteiger partial charge in [0.25, 0.3) is 0 Å². The molecule has 1 atom stereocenters. The summed E-state index contributed by atoms with van der Waals surface area (Å²) in [7, 11) is 1.33. The summed E-state index contributed by atoms with van der Waals surface area (Å²) < 4.78 is 4.67. The number of anilines is 1. The number of aromatic nitrogens is 1. The number of aliphatic hydroxyl groups excluding tert-OH is 1. The van der Waals surface area contributed by atoms with E-state index in [1.54, 1.807) is 6.92 Å². The minimum Gasteiger partial charge on any atom is -0.465 e. The zero-order valence-electron chi connectivity index (χ0n) is 11.5. The Morgan fingerprint density at radius 2 is 2.15 bits per heavy atom. The SMILES string of the molecule is COC(=O)c1sc(N2CCN(C[C@@H](C)O)CC2)nc1Cl. The number of hydrogen-bond donors (Lipinski definition) is 1. The van der Waals surface area contributed by atoms with E-state index in [0.29, 0.717) is 11.4 Å². The van der Waals surface area contributed by atoms with E-state index in [0.717, 1.165) is 31.3 Å². The molecular formula is C12H18ClN3O3S. The fourth-order valence-electron chi connectivity index (χ4n) is 2.14. The molecule has 1 fully saturated rings. The molecule has 1 aliphatic rings. The smallest absolute Gasteiger partial charge is 0.351 e. The molecule has 0 bridgehead atoms. The summed E-state index contributed by atoms with van der Waals surface area (Å²) in [5.41, 5.74) is 0. The highest BCUT2D eigenvalue weighted by molar-refractivity contribution is 7.18. The quantitative estimate of drug-likeness (QED) is 0.838. The molecule has 0 spiro atoms. The molecule has 0 saturated carbocycles. The van der Waals surface area contributed by atoms with E-state index >= 15 is 0 Å². The molecule has 0 unspecified atom stereocenters. The number of carbonyl (C=O) groups excluding carboxylic acids is 1. The van der Waals surface area contributed by atoms with Crippen molar-refractivity contribution in [3.8, 4) is 0 Å². The van der Waals surface area contributed by atoms with Crippen LogP contribution < -0.4 is 4.90 Å². The fraction of sp³-hybridized carbons (Fsp3) is 0.667. The molecule has 1 aromatic rings. The fourth-order valence-corrected chi connectivity index (χ4v) is 3.39. The van der Waals surface area contributed by atoms with Gasteiger partial charge in [0, 0.05) is 32.7 Å². The van der Waals surface area contributed by atoms with Crippen molar-refractivity contribution in [2.45, 2.75) is 13.0 Å². The number of methoxy groups -OCH3 is 1. The summed E-state index contributed by atoms with van der Waals surface area (Å²) in [5, 5.41) is 10.3. The number of rotatable bonds is 4. The van der Waals surface area contributed by atoms with Crippen LogP contribution in [-0.4, -0.2) is 66.9 Å². The molecule has 0 aromatic carbocycles. The predicted molar refractivity (Wildman–Crippen MR) is 78.8 cm³/mol. The van der Waals surface area contributed by atoms with Gasteiger partial charge in [0.1, 0.15) is 0 Å². The summed E-state index contributed by atoms with van der Waals surface area (Å²) in [6, 6.07) is 0.